The molecule has 1 amide bonds. The SMILES string of the molecule is Cc1cc(C)n2ccc(C(=O)Nc3c(C)nn(Cc4ccccc4)c3C)c2n1. The van der Waals surface area contributed by atoms with Gasteiger partial charge in [-0.05, 0) is 45.4 Å². The van der Waals surface area contributed by atoms with E-state index in [0.717, 1.165) is 28.5 Å². The highest BCUT2D eigenvalue weighted by atomic mass is 16.1. The maximum Gasteiger partial charge on any atom is 0.259 e. The molecular formula is C22H23N5O. The van der Waals surface area contributed by atoms with Gasteiger partial charge in [0.15, 0.2) is 0 Å². The molecule has 0 spiro atoms. The molecule has 4 rings (SSSR count). The lowest BCUT2D eigenvalue weighted by Crippen LogP contribution is -2.14. The van der Waals surface area contributed by atoms with Crippen molar-refractivity contribution in [3.8, 4) is 0 Å². The summed E-state index contributed by atoms with van der Waals surface area (Å²) in [6.45, 7) is 8.49. The first kappa shape index (κ1) is 18.0. The van der Waals surface area contributed by atoms with Crippen LogP contribution in [0.4, 0.5) is 5.69 Å². The Bertz CT molecular complexity index is 1170. The second-order valence-electron chi connectivity index (χ2n) is 7.11. The summed E-state index contributed by atoms with van der Waals surface area (Å²) in [5.41, 5.74) is 6.81. The number of amides is 1. The first-order valence-corrected chi connectivity index (χ1v) is 9.28. The maximum absolute atomic E-state index is 13.0. The Kier molecular flexibility index (Phi) is 4.47. The Morgan fingerprint density at radius 1 is 1.07 bits per heavy atom. The van der Waals surface area contributed by atoms with Gasteiger partial charge in [-0.1, -0.05) is 30.3 Å². The van der Waals surface area contributed by atoms with Crippen LogP contribution in [0.2, 0.25) is 0 Å². The lowest BCUT2D eigenvalue weighted by atomic mass is 10.2. The molecule has 28 heavy (non-hydrogen) atoms. The van der Waals surface area contributed by atoms with Crippen molar-refractivity contribution in [1.82, 2.24) is 19.2 Å². The minimum absolute atomic E-state index is 0.175. The lowest BCUT2D eigenvalue weighted by molar-refractivity contribution is 0.102. The Balaban J connectivity index is 1.64. The molecule has 6 nitrogen and oxygen atoms in total. The van der Waals surface area contributed by atoms with Crippen molar-refractivity contribution >= 4 is 17.2 Å². The predicted octanol–water partition coefficient (Wildman–Crippen LogP) is 4.07. The fraction of sp³-hybridized carbons (Fsp3) is 0.227. The number of carbonyl (C=O) groups is 1. The summed E-state index contributed by atoms with van der Waals surface area (Å²) in [6, 6.07) is 14.0. The number of hydrogen-bond acceptors (Lipinski definition) is 3. The molecule has 0 bridgehead atoms. The normalized spacial score (nSPS) is 11.1. The Morgan fingerprint density at radius 3 is 2.57 bits per heavy atom. The average molecular weight is 373 g/mol. The first-order chi connectivity index (χ1) is 13.4. The van der Waals surface area contributed by atoms with Crippen LogP contribution in [0.15, 0.2) is 48.7 Å². The van der Waals surface area contributed by atoms with Crippen molar-refractivity contribution in [1.29, 1.82) is 0 Å². The van der Waals surface area contributed by atoms with E-state index >= 15 is 0 Å². The zero-order valence-corrected chi connectivity index (χ0v) is 16.5. The molecule has 1 aromatic carbocycles. The fourth-order valence-electron chi connectivity index (χ4n) is 3.54. The molecule has 0 atom stereocenters. The van der Waals surface area contributed by atoms with Gasteiger partial charge in [0.25, 0.3) is 5.91 Å². The van der Waals surface area contributed by atoms with Crippen LogP contribution in [0.1, 0.15) is 38.7 Å². The van der Waals surface area contributed by atoms with E-state index in [4.69, 9.17) is 0 Å². The molecule has 0 fully saturated rings. The van der Waals surface area contributed by atoms with E-state index in [1.165, 1.54) is 5.56 Å². The van der Waals surface area contributed by atoms with Crippen LogP contribution >= 0.6 is 0 Å². The van der Waals surface area contributed by atoms with Crippen molar-refractivity contribution in [3.63, 3.8) is 0 Å². The Hall–Kier alpha value is -3.41. The fourth-order valence-corrected chi connectivity index (χ4v) is 3.54. The molecule has 0 unspecified atom stereocenters. The third-order valence-electron chi connectivity index (χ3n) is 4.98. The number of benzene rings is 1. The van der Waals surface area contributed by atoms with E-state index in [1.54, 1.807) is 0 Å². The van der Waals surface area contributed by atoms with E-state index in [1.807, 2.05) is 73.3 Å². The maximum atomic E-state index is 13.0. The number of aromatic nitrogens is 4. The van der Waals surface area contributed by atoms with Gasteiger partial charge >= 0.3 is 0 Å². The molecule has 0 radical (unpaired) electrons. The summed E-state index contributed by atoms with van der Waals surface area (Å²) in [6.07, 6.45) is 1.88. The highest BCUT2D eigenvalue weighted by Crippen LogP contribution is 2.23. The average Bonchev–Trinajstić information content (AvgIpc) is 3.19. The number of anilines is 1. The number of nitrogens with one attached hydrogen (secondary N) is 1. The third-order valence-corrected chi connectivity index (χ3v) is 4.98. The lowest BCUT2D eigenvalue weighted by Gasteiger charge is -2.08. The van der Waals surface area contributed by atoms with E-state index < -0.39 is 0 Å². The zero-order chi connectivity index (χ0) is 19.8. The van der Waals surface area contributed by atoms with Crippen LogP contribution in [0, 0.1) is 27.7 Å². The van der Waals surface area contributed by atoms with Crippen molar-refractivity contribution in [2.45, 2.75) is 34.2 Å². The van der Waals surface area contributed by atoms with Crippen molar-refractivity contribution in [2.24, 2.45) is 0 Å². The largest absolute Gasteiger partial charge is 0.319 e. The highest BCUT2D eigenvalue weighted by molar-refractivity contribution is 6.09. The van der Waals surface area contributed by atoms with Gasteiger partial charge in [0.1, 0.15) is 5.65 Å². The molecule has 0 saturated carbocycles. The molecule has 0 aliphatic heterocycles. The molecule has 6 heteroatoms. The van der Waals surface area contributed by atoms with Crippen LogP contribution in [0.25, 0.3) is 5.65 Å². The van der Waals surface area contributed by atoms with Crippen LogP contribution in [0.5, 0.6) is 0 Å². The first-order valence-electron chi connectivity index (χ1n) is 9.28. The molecule has 3 aromatic heterocycles. The number of rotatable bonds is 4. The summed E-state index contributed by atoms with van der Waals surface area (Å²) >= 11 is 0. The Labute approximate surface area is 163 Å². The summed E-state index contributed by atoms with van der Waals surface area (Å²) < 4.78 is 3.85. The summed E-state index contributed by atoms with van der Waals surface area (Å²) in [7, 11) is 0. The predicted molar refractivity (Wildman–Crippen MR) is 110 cm³/mol. The Morgan fingerprint density at radius 2 is 1.82 bits per heavy atom. The zero-order valence-electron chi connectivity index (χ0n) is 16.5. The molecule has 142 valence electrons. The topological polar surface area (TPSA) is 64.2 Å². The number of hydrogen-bond donors (Lipinski definition) is 1. The van der Waals surface area contributed by atoms with Gasteiger partial charge in [0, 0.05) is 17.6 Å². The van der Waals surface area contributed by atoms with Gasteiger partial charge in [-0.2, -0.15) is 5.10 Å². The van der Waals surface area contributed by atoms with Gasteiger partial charge in [0.05, 0.1) is 29.2 Å². The molecule has 4 aromatic rings. The number of aryl methyl sites for hydroxylation is 3. The minimum Gasteiger partial charge on any atom is -0.319 e. The number of carbonyl (C=O) groups excluding carboxylic acids is 1. The van der Waals surface area contributed by atoms with Crippen molar-refractivity contribution in [2.75, 3.05) is 5.32 Å². The van der Waals surface area contributed by atoms with E-state index in [0.29, 0.717) is 17.8 Å². The number of fused-ring (bicyclic) bond motifs is 1. The number of nitrogens with zero attached hydrogens (tertiary/aromatic N) is 4. The quantitative estimate of drug-likeness (QED) is 0.587. The molecule has 0 saturated heterocycles. The second-order valence-corrected chi connectivity index (χ2v) is 7.11. The molecule has 0 aliphatic carbocycles. The van der Waals surface area contributed by atoms with Gasteiger partial charge < -0.3 is 9.72 Å². The van der Waals surface area contributed by atoms with E-state index in [9.17, 15) is 4.79 Å². The van der Waals surface area contributed by atoms with Crippen LogP contribution in [-0.4, -0.2) is 25.1 Å². The minimum atomic E-state index is -0.175. The monoisotopic (exact) mass is 373 g/mol. The van der Waals surface area contributed by atoms with Gasteiger partial charge in [-0.15, -0.1) is 0 Å². The van der Waals surface area contributed by atoms with Gasteiger partial charge in [-0.3, -0.25) is 9.48 Å². The smallest absolute Gasteiger partial charge is 0.259 e. The molecule has 3 heterocycles. The molecular weight excluding hydrogens is 350 g/mol. The second kappa shape index (κ2) is 6.96. The summed E-state index contributed by atoms with van der Waals surface area (Å²) in [4.78, 5) is 17.5. The molecule has 1 N–H and O–H groups in total. The van der Waals surface area contributed by atoms with Crippen LogP contribution < -0.4 is 5.32 Å². The van der Waals surface area contributed by atoms with Crippen LogP contribution in [-0.2, 0) is 6.54 Å². The van der Waals surface area contributed by atoms with Crippen molar-refractivity contribution in [3.05, 3.63) is 82.6 Å². The highest BCUT2D eigenvalue weighted by Gasteiger charge is 2.19. The van der Waals surface area contributed by atoms with Crippen molar-refractivity contribution < 1.29 is 4.79 Å². The van der Waals surface area contributed by atoms with Gasteiger partial charge in [0.2, 0.25) is 0 Å². The molecule has 0 aliphatic rings. The summed E-state index contributed by atoms with van der Waals surface area (Å²) in [5, 5.41) is 7.65. The van der Waals surface area contributed by atoms with Crippen LogP contribution in [0.3, 0.4) is 0 Å². The van der Waals surface area contributed by atoms with E-state index in [2.05, 4.69) is 27.5 Å². The van der Waals surface area contributed by atoms with Gasteiger partial charge in [-0.25, -0.2) is 4.98 Å². The third kappa shape index (κ3) is 3.17. The summed E-state index contributed by atoms with van der Waals surface area (Å²) in [5.74, 6) is -0.175. The standard InChI is InChI=1S/C22H23N5O/c1-14-12-15(2)26-11-10-19(21(26)23-14)22(28)24-20-16(3)25-27(17(20)4)13-18-8-6-5-7-9-18/h5-12H,13H2,1-4H3,(H,24,28). The van der Waals surface area contributed by atoms with E-state index in [-0.39, 0.29) is 5.91 Å².